The average molecular weight is 422 g/mol. The van der Waals surface area contributed by atoms with Crippen molar-refractivity contribution in [3.63, 3.8) is 0 Å². The molecule has 0 saturated heterocycles. The molecule has 162 valence electrons. The average Bonchev–Trinajstić information content (AvgIpc) is 2.71. The van der Waals surface area contributed by atoms with E-state index in [1.54, 1.807) is 12.1 Å². The van der Waals surface area contributed by atoms with E-state index in [2.05, 4.69) is 6.92 Å². The summed E-state index contributed by atoms with van der Waals surface area (Å²) in [7, 11) is 0. The number of rotatable bonds is 3. The Morgan fingerprint density at radius 2 is 1.40 bits per heavy atom. The Morgan fingerprint density at radius 3 is 2.00 bits per heavy atom. The predicted octanol–water partition coefficient (Wildman–Crippen LogP) is 8.36. The minimum Gasteiger partial charge on any atom is -0.206 e. The summed E-state index contributed by atoms with van der Waals surface area (Å²) in [6, 6.07) is 8.97. The van der Waals surface area contributed by atoms with E-state index in [1.165, 1.54) is 44.1 Å². The smallest absolute Gasteiger partial charge is 0.206 e. The minimum atomic E-state index is -5.05. The number of fused-ring (bicyclic) bond motifs is 1. The molecule has 0 radical (unpaired) electrons. The van der Waals surface area contributed by atoms with E-state index in [0.29, 0.717) is 11.5 Å². The van der Waals surface area contributed by atoms with Gasteiger partial charge in [-0.2, -0.15) is 13.2 Å². The largest absolute Gasteiger partial charge is 0.422 e. The maximum absolute atomic E-state index is 13.9. The first-order chi connectivity index (χ1) is 14.3. The van der Waals surface area contributed by atoms with Gasteiger partial charge in [0.15, 0.2) is 0 Å². The SMILES string of the molecule is CCC1CC[C@@H]2C[C@H](c3ccc(-c4cc(F)c(C(F)(F)F)c(F)c4)cc3)CC[C@@H]2C1. The molecule has 0 N–H and O–H groups in total. The van der Waals surface area contributed by atoms with Gasteiger partial charge in [-0.1, -0.05) is 44.0 Å². The van der Waals surface area contributed by atoms with Crippen molar-refractivity contribution in [1.29, 1.82) is 0 Å². The topological polar surface area (TPSA) is 0 Å². The maximum Gasteiger partial charge on any atom is 0.422 e. The van der Waals surface area contributed by atoms with Crippen LogP contribution in [0.5, 0.6) is 0 Å². The van der Waals surface area contributed by atoms with Crippen molar-refractivity contribution < 1.29 is 22.0 Å². The standard InChI is InChI=1S/C25H27F5/c1-2-15-3-4-20-12-19(10-9-18(20)11-15)16-5-7-17(8-6-16)21-13-22(26)24(23(27)14-21)25(28,29)30/h5-8,13-15,18-20H,2-4,9-12H2,1H3/t15?,18-,19-,20-/m1/s1. The number of hydrogen-bond acceptors (Lipinski definition) is 0. The molecule has 0 heterocycles. The number of alkyl halides is 3. The van der Waals surface area contributed by atoms with Gasteiger partial charge in [0.2, 0.25) is 0 Å². The number of benzene rings is 2. The first-order valence-electron chi connectivity index (χ1n) is 10.9. The Hall–Kier alpha value is -1.91. The van der Waals surface area contributed by atoms with Gasteiger partial charge in [-0.3, -0.25) is 0 Å². The van der Waals surface area contributed by atoms with Crippen molar-refractivity contribution in [3.8, 4) is 11.1 Å². The quantitative estimate of drug-likeness (QED) is 0.436. The molecule has 0 aromatic heterocycles. The fourth-order valence-corrected chi connectivity index (χ4v) is 5.62. The van der Waals surface area contributed by atoms with Gasteiger partial charge in [0.05, 0.1) is 0 Å². The zero-order chi connectivity index (χ0) is 21.5. The van der Waals surface area contributed by atoms with Crippen LogP contribution in [0.1, 0.15) is 68.9 Å². The number of hydrogen-bond donors (Lipinski definition) is 0. The van der Waals surface area contributed by atoms with Crippen LogP contribution in [0.3, 0.4) is 0 Å². The molecular weight excluding hydrogens is 395 g/mol. The van der Waals surface area contributed by atoms with E-state index in [-0.39, 0.29) is 5.56 Å². The van der Waals surface area contributed by atoms with Gasteiger partial charge >= 0.3 is 6.18 Å². The molecule has 0 amide bonds. The first kappa shape index (κ1) is 21.3. The van der Waals surface area contributed by atoms with E-state index < -0.39 is 23.4 Å². The second kappa shape index (κ2) is 8.32. The van der Waals surface area contributed by atoms with Crippen molar-refractivity contribution in [3.05, 3.63) is 59.2 Å². The van der Waals surface area contributed by atoms with Crippen LogP contribution in [0, 0.1) is 29.4 Å². The molecule has 2 aromatic carbocycles. The highest BCUT2D eigenvalue weighted by molar-refractivity contribution is 5.64. The van der Waals surface area contributed by atoms with Gasteiger partial charge in [-0.15, -0.1) is 0 Å². The lowest BCUT2D eigenvalue weighted by Crippen LogP contribution is -2.30. The second-order valence-corrected chi connectivity index (χ2v) is 9.05. The molecule has 1 unspecified atom stereocenters. The van der Waals surface area contributed by atoms with Gasteiger partial charge in [0.1, 0.15) is 17.2 Å². The molecular formula is C25H27F5. The van der Waals surface area contributed by atoms with Crippen LogP contribution in [0.4, 0.5) is 22.0 Å². The molecule has 2 aliphatic carbocycles. The van der Waals surface area contributed by atoms with Crippen molar-refractivity contribution in [1.82, 2.24) is 0 Å². The van der Waals surface area contributed by atoms with Crippen LogP contribution < -0.4 is 0 Å². The van der Waals surface area contributed by atoms with Gasteiger partial charge in [0.25, 0.3) is 0 Å². The molecule has 0 spiro atoms. The Kier molecular flexibility index (Phi) is 5.91. The highest BCUT2D eigenvalue weighted by atomic mass is 19.4. The molecule has 0 aliphatic heterocycles. The minimum absolute atomic E-state index is 0.117. The molecule has 2 saturated carbocycles. The zero-order valence-corrected chi connectivity index (χ0v) is 17.1. The monoisotopic (exact) mass is 422 g/mol. The second-order valence-electron chi connectivity index (χ2n) is 9.05. The van der Waals surface area contributed by atoms with Crippen LogP contribution in [0.15, 0.2) is 36.4 Å². The summed E-state index contributed by atoms with van der Waals surface area (Å²) >= 11 is 0. The van der Waals surface area contributed by atoms with Crippen molar-refractivity contribution in [2.75, 3.05) is 0 Å². The predicted molar refractivity (Wildman–Crippen MR) is 108 cm³/mol. The normalized spacial score (nSPS) is 27.0. The summed E-state index contributed by atoms with van der Waals surface area (Å²) in [4.78, 5) is 0. The summed E-state index contributed by atoms with van der Waals surface area (Å²) in [6.07, 6.45) is 3.81. The third-order valence-electron chi connectivity index (χ3n) is 7.34. The zero-order valence-electron chi connectivity index (χ0n) is 17.1. The van der Waals surface area contributed by atoms with Crippen molar-refractivity contribution >= 4 is 0 Å². The Labute approximate surface area is 174 Å². The molecule has 2 aliphatic rings. The van der Waals surface area contributed by atoms with Crippen LogP contribution in [-0.2, 0) is 6.18 Å². The summed E-state index contributed by atoms with van der Waals surface area (Å²) in [5.74, 6) is -0.169. The summed E-state index contributed by atoms with van der Waals surface area (Å²) in [5.41, 5.74) is 0.00801. The molecule has 30 heavy (non-hydrogen) atoms. The van der Waals surface area contributed by atoms with Gasteiger partial charge < -0.3 is 0 Å². The lowest BCUT2D eigenvalue weighted by atomic mass is 9.63. The Balaban J connectivity index is 1.49. The van der Waals surface area contributed by atoms with E-state index in [9.17, 15) is 22.0 Å². The molecule has 0 nitrogen and oxygen atoms in total. The summed E-state index contributed by atoms with van der Waals surface area (Å²) in [6.45, 7) is 2.28. The van der Waals surface area contributed by atoms with E-state index >= 15 is 0 Å². The maximum atomic E-state index is 13.9. The van der Waals surface area contributed by atoms with Gasteiger partial charge in [-0.25, -0.2) is 8.78 Å². The molecule has 2 aromatic rings. The van der Waals surface area contributed by atoms with Crippen LogP contribution in [0.2, 0.25) is 0 Å². The fraction of sp³-hybridized carbons (Fsp3) is 0.520. The molecule has 2 fully saturated rings. The highest BCUT2D eigenvalue weighted by Crippen LogP contribution is 2.48. The van der Waals surface area contributed by atoms with Crippen LogP contribution in [0.25, 0.3) is 11.1 Å². The molecule has 5 heteroatoms. The van der Waals surface area contributed by atoms with Crippen LogP contribution in [-0.4, -0.2) is 0 Å². The highest BCUT2D eigenvalue weighted by Gasteiger charge is 2.38. The van der Waals surface area contributed by atoms with Crippen LogP contribution >= 0.6 is 0 Å². The Morgan fingerprint density at radius 1 is 0.800 bits per heavy atom. The van der Waals surface area contributed by atoms with E-state index in [4.69, 9.17) is 0 Å². The van der Waals surface area contributed by atoms with Gasteiger partial charge in [-0.05, 0) is 84.6 Å². The van der Waals surface area contributed by atoms with E-state index in [1.807, 2.05) is 12.1 Å². The van der Waals surface area contributed by atoms with Crippen molar-refractivity contribution in [2.24, 2.45) is 17.8 Å². The fourth-order valence-electron chi connectivity index (χ4n) is 5.62. The molecule has 4 atom stereocenters. The molecule has 4 rings (SSSR count). The molecule has 0 bridgehead atoms. The number of halogens is 5. The van der Waals surface area contributed by atoms with E-state index in [0.717, 1.165) is 36.3 Å². The third-order valence-corrected chi connectivity index (χ3v) is 7.34. The van der Waals surface area contributed by atoms with Gasteiger partial charge in [0, 0.05) is 0 Å². The lowest BCUT2D eigenvalue weighted by molar-refractivity contribution is -0.142. The lowest BCUT2D eigenvalue weighted by Gasteiger charge is -2.42. The summed E-state index contributed by atoms with van der Waals surface area (Å²) in [5, 5.41) is 0. The summed E-state index contributed by atoms with van der Waals surface area (Å²) < 4.78 is 66.2. The first-order valence-corrected chi connectivity index (χ1v) is 10.9. The van der Waals surface area contributed by atoms with Crippen molar-refractivity contribution in [2.45, 2.75) is 64.0 Å². The third kappa shape index (κ3) is 4.26. The Bertz CT molecular complexity index is 860.